The molecule has 2 unspecified atom stereocenters. The Morgan fingerprint density at radius 2 is 1.97 bits per heavy atom. The van der Waals surface area contributed by atoms with Crippen molar-refractivity contribution >= 4 is 27.7 Å². The van der Waals surface area contributed by atoms with E-state index in [2.05, 4.69) is 45.4 Å². The summed E-state index contributed by atoms with van der Waals surface area (Å²) in [5.41, 5.74) is 4.92. The Morgan fingerprint density at radius 1 is 1.15 bits per heavy atom. The SMILES string of the molecule is CC(C)Nc1cc(-c2ccc3cc(C#N)cnn23)ncc1-c1nnc(N2CC3CCC(C2)O3)s1. The highest BCUT2D eigenvalue weighted by molar-refractivity contribution is 7.18. The molecule has 2 fully saturated rings. The van der Waals surface area contributed by atoms with Crippen LogP contribution in [0, 0.1) is 11.3 Å². The molecule has 2 aliphatic heterocycles. The highest BCUT2D eigenvalue weighted by Gasteiger charge is 2.35. The van der Waals surface area contributed by atoms with E-state index < -0.39 is 0 Å². The fourth-order valence-electron chi connectivity index (χ4n) is 4.67. The van der Waals surface area contributed by atoms with Crippen LogP contribution in [0.15, 0.2) is 36.7 Å². The summed E-state index contributed by atoms with van der Waals surface area (Å²) in [6, 6.07) is 10.1. The highest BCUT2D eigenvalue weighted by Crippen LogP contribution is 2.37. The van der Waals surface area contributed by atoms with Crippen LogP contribution in [0.1, 0.15) is 32.3 Å². The van der Waals surface area contributed by atoms with Crippen molar-refractivity contribution < 1.29 is 4.74 Å². The first-order valence-electron chi connectivity index (χ1n) is 11.5. The smallest absolute Gasteiger partial charge is 0.208 e. The van der Waals surface area contributed by atoms with E-state index in [0.717, 1.165) is 64.2 Å². The Labute approximate surface area is 201 Å². The molecule has 34 heavy (non-hydrogen) atoms. The first kappa shape index (κ1) is 21.0. The van der Waals surface area contributed by atoms with Crippen LogP contribution in [0.5, 0.6) is 0 Å². The van der Waals surface area contributed by atoms with Crippen LogP contribution in [-0.2, 0) is 4.74 Å². The van der Waals surface area contributed by atoms with Gasteiger partial charge >= 0.3 is 0 Å². The van der Waals surface area contributed by atoms with Crippen molar-refractivity contribution in [2.75, 3.05) is 23.3 Å². The molecule has 0 radical (unpaired) electrons. The molecular formula is C24H24N8OS. The Balaban J connectivity index is 1.35. The minimum atomic E-state index is 0.233. The maximum absolute atomic E-state index is 9.15. The van der Waals surface area contributed by atoms with Crippen molar-refractivity contribution in [1.29, 1.82) is 5.26 Å². The molecule has 9 nitrogen and oxygen atoms in total. The third-order valence-corrected chi connectivity index (χ3v) is 7.22. The summed E-state index contributed by atoms with van der Waals surface area (Å²) in [6.07, 6.45) is 6.29. The minimum absolute atomic E-state index is 0.233. The van der Waals surface area contributed by atoms with Gasteiger partial charge in [-0.1, -0.05) is 11.3 Å². The lowest BCUT2D eigenvalue weighted by Crippen LogP contribution is -2.42. The zero-order valence-corrected chi connectivity index (χ0v) is 19.8. The number of nitrogens with one attached hydrogen (secondary N) is 1. The number of nitrogens with zero attached hydrogens (tertiary/aromatic N) is 7. The monoisotopic (exact) mass is 472 g/mol. The molecule has 2 saturated heterocycles. The number of anilines is 2. The lowest BCUT2D eigenvalue weighted by molar-refractivity contribution is 0.0304. The molecule has 2 atom stereocenters. The van der Waals surface area contributed by atoms with Gasteiger partial charge < -0.3 is 15.0 Å². The van der Waals surface area contributed by atoms with Gasteiger partial charge in [0.1, 0.15) is 6.07 Å². The lowest BCUT2D eigenvalue weighted by atomic mass is 10.1. The summed E-state index contributed by atoms with van der Waals surface area (Å²) in [6.45, 7) is 5.97. The van der Waals surface area contributed by atoms with Crippen molar-refractivity contribution in [3.05, 3.63) is 42.2 Å². The summed E-state index contributed by atoms with van der Waals surface area (Å²) < 4.78 is 7.77. The Hall–Kier alpha value is -3.55. The van der Waals surface area contributed by atoms with Crippen molar-refractivity contribution in [3.63, 3.8) is 0 Å². The van der Waals surface area contributed by atoms with Crippen molar-refractivity contribution in [1.82, 2.24) is 24.8 Å². The summed E-state index contributed by atoms with van der Waals surface area (Å²) in [5, 5.41) is 27.9. The van der Waals surface area contributed by atoms with Crippen LogP contribution in [-0.4, -0.2) is 56.1 Å². The van der Waals surface area contributed by atoms with E-state index in [1.165, 1.54) is 0 Å². The average molecular weight is 473 g/mol. The van der Waals surface area contributed by atoms with E-state index in [4.69, 9.17) is 15.0 Å². The summed E-state index contributed by atoms with van der Waals surface area (Å²) in [5.74, 6) is 0. The second-order valence-electron chi connectivity index (χ2n) is 9.08. The van der Waals surface area contributed by atoms with E-state index in [1.54, 1.807) is 22.0 Å². The fraction of sp³-hybridized carbons (Fsp3) is 0.375. The molecule has 4 aromatic heterocycles. The summed E-state index contributed by atoms with van der Waals surface area (Å²) in [7, 11) is 0. The largest absolute Gasteiger partial charge is 0.382 e. The van der Waals surface area contributed by atoms with Gasteiger partial charge in [0.25, 0.3) is 0 Å². The maximum Gasteiger partial charge on any atom is 0.208 e. The normalized spacial score (nSPS) is 19.6. The van der Waals surface area contributed by atoms with Crippen molar-refractivity contribution in [3.8, 4) is 28.0 Å². The molecule has 0 aromatic carbocycles. The third-order valence-electron chi connectivity index (χ3n) is 6.20. The van der Waals surface area contributed by atoms with Crippen LogP contribution in [0.25, 0.3) is 27.5 Å². The molecule has 0 saturated carbocycles. The van der Waals surface area contributed by atoms with Gasteiger partial charge in [-0.15, -0.1) is 10.2 Å². The van der Waals surface area contributed by atoms with Gasteiger partial charge in [-0.25, -0.2) is 4.52 Å². The van der Waals surface area contributed by atoms with Crippen LogP contribution < -0.4 is 10.2 Å². The number of fused-ring (bicyclic) bond motifs is 3. The number of aromatic nitrogens is 5. The standard InChI is InChI=1S/C24H24N8OS/c1-14(2)28-20-8-21(22-6-3-16-7-15(9-25)10-27-32(16)22)26-11-19(20)23-29-30-24(34-23)31-12-17-4-5-18(13-31)33-17/h3,6-8,10-11,14,17-18H,4-5,12-13H2,1-2H3,(H,26,28). The first-order valence-corrected chi connectivity index (χ1v) is 12.3. The Bertz CT molecular complexity index is 1390. The van der Waals surface area contributed by atoms with E-state index >= 15 is 0 Å². The number of ether oxygens (including phenoxy) is 1. The number of hydrogen-bond donors (Lipinski definition) is 1. The maximum atomic E-state index is 9.15. The number of rotatable bonds is 5. The molecule has 1 N–H and O–H groups in total. The van der Waals surface area contributed by atoms with E-state index in [1.807, 2.05) is 30.5 Å². The molecule has 6 heterocycles. The van der Waals surface area contributed by atoms with Crippen LogP contribution in [0.4, 0.5) is 10.8 Å². The van der Waals surface area contributed by atoms with Gasteiger partial charge in [-0.3, -0.25) is 4.98 Å². The van der Waals surface area contributed by atoms with Crippen LogP contribution >= 0.6 is 11.3 Å². The molecule has 0 aliphatic carbocycles. The number of nitriles is 1. The van der Waals surface area contributed by atoms with Crippen LogP contribution in [0.2, 0.25) is 0 Å². The second-order valence-corrected chi connectivity index (χ2v) is 10.0. The van der Waals surface area contributed by atoms with E-state index in [0.29, 0.717) is 17.8 Å². The molecule has 2 bridgehead atoms. The number of hydrogen-bond acceptors (Lipinski definition) is 9. The number of pyridine rings is 1. The van der Waals surface area contributed by atoms with E-state index in [-0.39, 0.29) is 6.04 Å². The van der Waals surface area contributed by atoms with Gasteiger partial charge in [0.2, 0.25) is 5.13 Å². The molecule has 4 aromatic rings. The topological polar surface area (TPSA) is 104 Å². The predicted octanol–water partition coefficient (Wildman–Crippen LogP) is 3.97. The van der Waals surface area contributed by atoms with Crippen molar-refractivity contribution in [2.45, 2.75) is 44.9 Å². The van der Waals surface area contributed by atoms with Gasteiger partial charge in [-0.2, -0.15) is 10.4 Å². The third kappa shape index (κ3) is 3.77. The first-order chi connectivity index (χ1) is 16.6. The quantitative estimate of drug-likeness (QED) is 0.465. The van der Waals surface area contributed by atoms with Gasteiger partial charge in [-0.05, 0) is 51.0 Å². The second kappa shape index (κ2) is 8.34. The molecule has 0 spiro atoms. The van der Waals surface area contributed by atoms with Gasteiger partial charge in [0.05, 0.1) is 46.4 Å². The van der Waals surface area contributed by atoms with Crippen molar-refractivity contribution in [2.24, 2.45) is 0 Å². The lowest BCUT2D eigenvalue weighted by Gasteiger charge is -2.31. The molecule has 10 heteroatoms. The van der Waals surface area contributed by atoms with E-state index in [9.17, 15) is 0 Å². The molecule has 172 valence electrons. The minimum Gasteiger partial charge on any atom is -0.382 e. The van der Waals surface area contributed by atoms with Crippen LogP contribution in [0.3, 0.4) is 0 Å². The Morgan fingerprint density at radius 3 is 2.74 bits per heavy atom. The molecule has 6 rings (SSSR count). The highest BCUT2D eigenvalue weighted by atomic mass is 32.1. The molecular weight excluding hydrogens is 448 g/mol. The fourth-order valence-corrected chi connectivity index (χ4v) is 5.56. The molecule has 2 aliphatic rings. The number of morpholine rings is 1. The van der Waals surface area contributed by atoms with Gasteiger partial charge in [0.15, 0.2) is 5.01 Å². The zero-order valence-electron chi connectivity index (χ0n) is 19.0. The molecule has 0 amide bonds. The summed E-state index contributed by atoms with van der Waals surface area (Å²) in [4.78, 5) is 7.06. The Kier molecular flexibility index (Phi) is 5.16. The summed E-state index contributed by atoms with van der Waals surface area (Å²) >= 11 is 1.60. The zero-order chi connectivity index (χ0) is 23.2. The van der Waals surface area contributed by atoms with Gasteiger partial charge in [0, 0.05) is 31.0 Å². The predicted molar refractivity (Wildman–Crippen MR) is 131 cm³/mol. The average Bonchev–Trinajstić information content (AvgIpc) is 3.56.